The summed E-state index contributed by atoms with van der Waals surface area (Å²) in [5.41, 5.74) is 1.83. The smallest absolute Gasteiger partial charge is 0.253 e. The average Bonchev–Trinajstić information content (AvgIpc) is 2.68. The van der Waals surface area contributed by atoms with E-state index in [0.29, 0.717) is 37.7 Å². The Morgan fingerprint density at radius 1 is 0.926 bits per heavy atom. The zero-order valence-corrected chi connectivity index (χ0v) is 17.8. The molecule has 0 N–H and O–H groups in total. The van der Waals surface area contributed by atoms with E-state index in [1.54, 1.807) is 29.2 Å². The van der Waals surface area contributed by atoms with E-state index in [-0.39, 0.29) is 10.8 Å². The number of hydrogen-bond acceptors (Lipinski definition) is 3. The molecule has 7 heteroatoms. The summed E-state index contributed by atoms with van der Waals surface area (Å²) in [5, 5.41) is 0. The van der Waals surface area contributed by atoms with Crippen molar-refractivity contribution in [3.05, 3.63) is 64.1 Å². The fourth-order valence-electron chi connectivity index (χ4n) is 3.08. The first-order chi connectivity index (χ1) is 12.8. The molecule has 3 rings (SSSR count). The van der Waals surface area contributed by atoms with Crippen LogP contribution >= 0.6 is 15.9 Å². The number of amides is 1. The van der Waals surface area contributed by atoms with E-state index in [2.05, 4.69) is 29.8 Å². The van der Waals surface area contributed by atoms with Crippen LogP contribution in [0.3, 0.4) is 0 Å². The van der Waals surface area contributed by atoms with Crippen molar-refractivity contribution in [1.82, 2.24) is 9.21 Å². The van der Waals surface area contributed by atoms with Crippen LogP contribution in [0.4, 0.5) is 0 Å². The van der Waals surface area contributed by atoms with Gasteiger partial charge in [-0.05, 0) is 47.9 Å². The molecule has 1 heterocycles. The molecular formula is C20H23BrN2O3S. The maximum absolute atomic E-state index is 12.8. The third-order valence-corrected chi connectivity index (χ3v) is 7.24. The van der Waals surface area contributed by atoms with Crippen molar-refractivity contribution < 1.29 is 13.2 Å². The van der Waals surface area contributed by atoms with Crippen LogP contribution in [0.15, 0.2) is 57.9 Å². The molecule has 1 saturated heterocycles. The molecule has 0 radical (unpaired) electrons. The molecule has 0 bridgehead atoms. The molecule has 1 amide bonds. The van der Waals surface area contributed by atoms with Crippen molar-refractivity contribution in [3.8, 4) is 0 Å². The van der Waals surface area contributed by atoms with Crippen LogP contribution in [0.2, 0.25) is 0 Å². The number of halogens is 1. The molecular weight excluding hydrogens is 428 g/mol. The van der Waals surface area contributed by atoms with E-state index in [0.717, 1.165) is 4.47 Å². The number of hydrogen-bond donors (Lipinski definition) is 0. The molecule has 1 fully saturated rings. The Labute approximate surface area is 169 Å². The van der Waals surface area contributed by atoms with Gasteiger partial charge in [0.15, 0.2) is 0 Å². The van der Waals surface area contributed by atoms with Crippen LogP contribution in [0.1, 0.15) is 35.7 Å². The lowest BCUT2D eigenvalue weighted by Gasteiger charge is -2.34. The molecule has 0 aromatic heterocycles. The number of carbonyl (C=O) groups excluding carboxylic acids is 1. The maximum atomic E-state index is 12.8. The second-order valence-corrected chi connectivity index (χ2v) is 9.78. The molecule has 2 aromatic carbocycles. The first-order valence-corrected chi connectivity index (χ1v) is 11.2. The van der Waals surface area contributed by atoms with Crippen LogP contribution in [0.25, 0.3) is 0 Å². The van der Waals surface area contributed by atoms with Crippen molar-refractivity contribution in [3.63, 3.8) is 0 Å². The molecule has 0 unspecified atom stereocenters. The summed E-state index contributed by atoms with van der Waals surface area (Å²) in [6.45, 7) is 5.60. The van der Waals surface area contributed by atoms with Crippen LogP contribution in [0.5, 0.6) is 0 Å². The van der Waals surface area contributed by atoms with Crippen molar-refractivity contribution >= 4 is 31.9 Å². The molecule has 27 heavy (non-hydrogen) atoms. The quantitative estimate of drug-likeness (QED) is 0.712. The van der Waals surface area contributed by atoms with Gasteiger partial charge in [0.25, 0.3) is 5.91 Å². The molecule has 2 aromatic rings. The number of benzene rings is 2. The Kier molecular flexibility index (Phi) is 6.03. The van der Waals surface area contributed by atoms with Gasteiger partial charge in [0.1, 0.15) is 0 Å². The van der Waals surface area contributed by atoms with E-state index in [4.69, 9.17) is 0 Å². The first-order valence-electron chi connectivity index (χ1n) is 8.94. The van der Waals surface area contributed by atoms with E-state index in [1.165, 1.54) is 9.87 Å². The van der Waals surface area contributed by atoms with Gasteiger partial charge < -0.3 is 4.90 Å². The Morgan fingerprint density at radius 3 is 2.00 bits per heavy atom. The van der Waals surface area contributed by atoms with Gasteiger partial charge in [0, 0.05) is 36.2 Å². The highest BCUT2D eigenvalue weighted by atomic mass is 79.9. The highest BCUT2D eigenvalue weighted by Crippen LogP contribution is 2.21. The monoisotopic (exact) mass is 450 g/mol. The van der Waals surface area contributed by atoms with Gasteiger partial charge in [-0.3, -0.25) is 4.79 Å². The van der Waals surface area contributed by atoms with Gasteiger partial charge in [0.05, 0.1) is 4.90 Å². The normalized spacial score (nSPS) is 15.9. The van der Waals surface area contributed by atoms with Gasteiger partial charge >= 0.3 is 0 Å². The van der Waals surface area contributed by atoms with Crippen LogP contribution < -0.4 is 0 Å². The van der Waals surface area contributed by atoms with Crippen molar-refractivity contribution in [2.75, 3.05) is 26.2 Å². The summed E-state index contributed by atoms with van der Waals surface area (Å²) in [6.07, 6.45) is 0. The largest absolute Gasteiger partial charge is 0.336 e. The summed E-state index contributed by atoms with van der Waals surface area (Å²) in [6, 6.07) is 14.3. The van der Waals surface area contributed by atoms with E-state index in [9.17, 15) is 13.2 Å². The molecule has 0 atom stereocenters. The van der Waals surface area contributed by atoms with E-state index < -0.39 is 10.0 Å². The van der Waals surface area contributed by atoms with E-state index >= 15 is 0 Å². The number of nitrogens with zero attached hydrogens (tertiary/aromatic N) is 2. The minimum absolute atomic E-state index is 0.0500. The van der Waals surface area contributed by atoms with Gasteiger partial charge in [-0.2, -0.15) is 4.31 Å². The molecule has 0 spiro atoms. The first kappa shape index (κ1) is 20.0. The van der Waals surface area contributed by atoms with Crippen molar-refractivity contribution in [1.29, 1.82) is 0 Å². The lowest BCUT2D eigenvalue weighted by Crippen LogP contribution is -2.50. The fraction of sp³-hybridized carbons (Fsp3) is 0.350. The summed E-state index contributed by atoms with van der Waals surface area (Å²) in [7, 11) is -3.53. The number of piperazine rings is 1. The number of sulfonamides is 1. The summed E-state index contributed by atoms with van der Waals surface area (Å²) >= 11 is 3.31. The van der Waals surface area contributed by atoms with Gasteiger partial charge in [-0.15, -0.1) is 0 Å². The molecule has 144 valence electrons. The predicted molar refractivity (Wildman–Crippen MR) is 109 cm³/mol. The average molecular weight is 451 g/mol. The summed E-state index contributed by atoms with van der Waals surface area (Å²) < 4.78 is 27.8. The van der Waals surface area contributed by atoms with Gasteiger partial charge in [-0.25, -0.2) is 8.42 Å². The topological polar surface area (TPSA) is 57.7 Å². The highest BCUT2D eigenvalue weighted by Gasteiger charge is 2.30. The molecule has 1 aliphatic rings. The zero-order valence-electron chi connectivity index (χ0n) is 15.4. The van der Waals surface area contributed by atoms with Crippen molar-refractivity contribution in [2.24, 2.45) is 0 Å². The minimum atomic E-state index is -3.53. The van der Waals surface area contributed by atoms with Crippen LogP contribution in [0, 0.1) is 0 Å². The van der Waals surface area contributed by atoms with Gasteiger partial charge in [-0.1, -0.05) is 41.9 Å². The second kappa shape index (κ2) is 8.12. The zero-order chi connectivity index (χ0) is 19.6. The second-order valence-electron chi connectivity index (χ2n) is 6.93. The number of carbonyl (C=O) groups is 1. The standard InChI is InChI=1S/C20H23BrN2O3S/c1-15(2)16-3-5-17(6-4-16)20(24)22-11-13-23(14-12-22)27(25,26)19-9-7-18(21)8-10-19/h3-10,15H,11-14H2,1-2H3. The molecule has 0 saturated carbocycles. The Morgan fingerprint density at radius 2 is 1.48 bits per heavy atom. The third-order valence-electron chi connectivity index (χ3n) is 4.80. The number of rotatable bonds is 4. The predicted octanol–water partition coefficient (Wildman–Crippen LogP) is 3.72. The van der Waals surface area contributed by atoms with Gasteiger partial charge in [0.2, 0.25) is 10.0 Å². The van der Waals surface area contributed by atoms with Crippen molar-refractivity contribution in [2.45, 2.75) is 24.7 Å². The van der Waals surface area contributed by atoms with E-state index in [1.807, 2.05) is 24.3 Å². The lowest BCUT2D eigenvalue weighted by atomic mass is 10.0. The highest BCUT2D eigenvalue weighted by molar-refractivity contribution is 9.10. The fourth-order valence-corrected chi connectivity index (χ4v) is 4.77. The maximum Gasteiger partial charge on any atom is 0.253 e. The van der Waals surface area contributed by atoms with Crippen LogP contribution in [-0.2, 0) is 10.0 Å². The summed E-state index contributed by atoms with van der Waals surface area (Å²) in [4.78, 5) is 14.7. The molecule has 1 aliphatic heterocycles. The Balaban J connectivity index is 1.66. The summed E-state index contributed by atoms with van der Waals surface area (Å²) in [5.74, 6) is 0.368. The Bertz CT molecular complexity index is 901. The minimum Gasteiger partial charge on any atom is -0.336 e. The lowest BCUT2D eigenvalue weighted by molar-refractivity contribution is 0.0698. The SMILES string of the molecule is CC(C)c1ccc(C(=O)N2CCN(S(=O)(=O)c3ccc(Br)cc3)CC2)cc1. The molecule has 5 nitrogen and oxygen atoms in total. The Hall–Kier alpha value is -1.70. The van der Waals surface area contributed by atoms with Crippen LogP contribution in [-0.4, -0.2) is 49.7 Å². The third kappa shape index (κ3) is 4.42. The molecule has 0 aliphatic carbocycles.